The molecule has 0 unspecified atom stereocenters. The number of carboxylic acid groups (broad SMARTS) is 1. The maximum atomic E-state index is 14.7. The molecule has 12 nitrogen and oxygen atoms in total. The zero-order valence-corrected chi connectivity index (χ0v) is 22.4. The number of rotatable bonds is 11. The number of methoxy groups -OCH3 is 1. The Hall–Kier alpha value is -5.81. The van der Waals surface area contributed by atoms with E-state index < -0.39 is 29.5 Å². The maximum Gasteiger partial charge on any atom is 0.404 e. The number of pyridine rings is 1. The molecular weight excluding hydrogens is 568 g/mol. The molecule has 4 N–H and O–H groups in total. The number of nitrogens with one attached hydrogen (secondary N) is 3. The van der Waals surface area contributed by atoms with Crippen LogP contribution in [0.1, 0.15) is 26.5 Å². The van der Waals surface area contributed by atoms with E-state index in [1.165, 1.54) is 49.8 Å². The van der Waals surface area contributed by atoms with Crippen LogP contribution in [-0.2, 0) is 4.74 Å². The molecule has 2 aromatic heterocycles. The average Bonchev–Trinajstić information content (AvgIpc) is 3.53. The molecule has 0 atom stereocenters. The number of anilines is 1. The van der Waals surface area contributed by atoms with Crippen LogP contribution in [0, 0.1) is 23.0 Å². The highest BCUT2D eigenvalue weighted by Crippen LogP contribution is 2.37. The Morgan fingerprint density at radius 3 is 2.51 bits per heavy atom. The Morgan fingerprint density at radius 1 is 1.02 bits per heavy atom. The van der Waals surface area contributed by atoms with E-state index in [4.69, 9.17) is 19.0 Å². The molecule has 14 heteroatoms. The molecule has 43 heavy (non-hydrogen) atoms. The molecule has 0 saturated carbocycles. The van der Waals surface area contributed by atoms with E-state index in [2.05, 4.69) is 20.9 Å². The van der Waals surface area contributed by atoms with E-state index in [0.29, 0.717) is 0 Å². The van der Waals surface area contributed by atoms with E-state index in [0.717, 1.165) is 18.2 Å². The summed E-state index contributed by atoms with van der Waals surface area (Å²) in [6.45, 7) is -0.450. The fourth-order valence-electron chi connectivity index (χ4n) is 3.95. The molecule has 2 aromatic carbocycles. The Morgan fingerprint density at radius 2 is 1.81 bits per heavy atom. The number of furan rings is 1. The summed E-state index contributed by atoms with van der Waals surface area (Å²) in [5, 5.41) is 25.8. The molecule has 0 aliphatic rings. The van der Waals surface area contributed by atoms with E-state index in [9.17, 15) is 28.4 Å². The van der Waals surface area contributed by atoms with Gasteiger partial charge in [0.1, 0.15) is 29.0 Å². The second-order valence-electron chi connectivity index (χ2n) is 8.70. The molecule has 4 aromatic rings. The molecule has 0 bridgehead atoms. The van der Waals surface area contributed by atoms with Crippen LogP contribution in [0.4, 0.5) is 19.4 Å². The summed E-state index contributed by atoms with van der Waals surface area (Å²) in [4.78, 5) is 40.7. The second kappa shape index (κ2) is 13.7. The molecule has 3 amide bonds. The topological polar surface area (TPSA) is 176 Å². The van der Waals surface area contributed by atoms with Gasteiger partial charge in [-0.3, -0.25) is 9.59 Å². The highest BCUT2D eigenvalue weighted by Gasteiger charge is 2.22. The molecule has 0 fully saturated rings. The fourth-order valence-corrected chi connectivity index (χ4v) is 3.95. The summed E-state index contributed by atoms with van der Waals surface area (Å²) >= 11 is 0. The van der Waals surface area contributed by atoms with Crippen LogP contribution in [0.15, 0.2) is 65.3 Å². The van der Waals surface area contributed by atoms with Gasteiger partial charge in [-0.1, -0.05) is 6.07 Å². The zero-order chi connectivity index (χ0) is 30.9. The largest absolute Gasteiger partial charge is 0.467 e. The van der Waals surface area contributed by atoms with Crippen LogP contribution in [-0.4, -0.2) is 55.0 Å². The fraction of sp³-hybridized carbons (Fsp3) is 0.138. The Kier molecular flexibility index (Phi) is 9.61. The lowest BCUT2D eigenvalue weighted by atomic mass is 9.96. The van der Waals surface area contributed by atoms with Gasteiger partial charge in [0, 0.05) is 37.4 Å². The number of nitriles is 1. The van der Waals surface area contributed by atoms with Gasteiger partial charge in [0.2, 0.25) is 0 Å². The maximum absolute atomic E-state index is 14.7. The number of hydrogen-bond donors (Lipinski definition) is 4. The van der Waals surface area contributed by atoms with Crippen molar-refractivity contribution in [1.29, 1.82) is 5.26 Å². The number of carbonyl (C=O) groups excluding carboxylic acids is 2. The third-order valence-corrected chi connectivity index (χ3v) is 5.87. The first kappa shape index (κ1) is 30.2. The van der Waals surface area contributed by atoms with Gasteiger partial charge in [0.05, 0.1) is 17.5 Å². The predicted molar refractivity (Wildman–Crippen MR) is 147 cm³/mol. The van der Waals surface area contributed by atoms with Crippen molar-refractivity contribution in [2.24, 2.45) is 0 Å². The first-order valence-electron chi connectivity index (χ1n) is 12.5. The Bertz CT molecular complexity index is 1700. The second-order valence-corrected chi connectivity index (χ2v) is 8.70. The number of hydrogen-bond acceptors (Lipinski definition) is 8. The van der Waals surface area contributed by atoms with Gasteiger partial charge in [-0.15, -0.1) is 0 Å². The van der Waals surface area contributed by atoms with Crippen molar-refractivity contribution in [3.8, 4) is 34.2 Å². The van der Waals surface area contributed by atoms with Crippen LogP contribution in [0.25, 0.3) is 22.4 Å². The summed E-state index contributed by atoms with van der Waals surface area (Å²) < 4.78 is 44.4. The lowest BCUT2D eigenvalue weighted by Crippen LogP contribution is -2.34. The van der Waals surface area contributed by atoms with Gasteiger partial charge in [-0.25, -0.2) is 18.6 Å². The number of carbonyl (C=O) groups is 3. The molecule has 0 spiro atoms. The number of halogens is 2. The molecule has 0 aliphatic carbocycles. The first-order chi connectivity index (χ1) is 20.7. The van der Waals surface area contributed by atoms with Crippen molar-refractivity contribution >= 4 is 23.7 Å². The molecule has 2 heterocycles. The van der Waals surface area contributed by atoms with Gasteiger partial charge in [-0.05, 0) is 48.0 Å². The number of benzene rings is 2. The minimum atomic E-state index is -1.29. The minimum absolute atomic E-state index is 0.0439. The lowest BCUT2D eigenvalue weighted by Gasteiger charge is -2.16. The molecule has 0 aliphatic heterocycles. The van der Waals surface area contributed by atoms with Crippen molar-refractivity contribution in [3.05, 3.63) is 89.4 Å². The highest BCUT2D eigenvalue weighted by atomic mass is 19.1. The van der Waals surface area contributed by atoms with Gasteiger partial charge in [-0.2, -0.15) is 5.26 Å². The summed E-state index contributed by atoms with van der Waals surface area (Å²) in [5.41, 5.74) is 0.223. The van der Waals surface area contributed by atoms with Crippen molar-refractivity contribution < 1.29 is 42.2 Å². The smallest absolute Gasteiger partial charge is 0.404 e. The average molecular weight is 592 g/mol. The molecule has 0 radical (unpaired) electrons. The third-order valence-electron chi connectivity index (χ3n) is 5.87. The van der Waals surface area contributed by atoms with Crippen molar-refractivity contribution in [1.82, 2.24) is 15.6 Å². The third kappa shape index (κ3) is 7.29. The number of amides is 3. The van der Waals surface area contributed by atoms with Crippen molar-refractivity contribution in [2.75, 3.05) is 32.3 Å². The Balaban J connectivity index is 1.84. The van der Waals surface area contributed by atoms with Crippen LogP contribution in [0.3, 0.4) is 0 Å². The van der Waals surface area contributed by atoms with E-state index in [1.54, 1.807) is 0 Å². The Labute approximate surface area is 242 Å². The normalized spacial score (nSPS) is 10.5. The van der Waals surface area contributed by atoms with Gasteiger partial charge >= 0.3 is 6.09 Å². The van der Waals surface area contributed by atoms with Crippen LogP contribution >= 0.6 is 0 Å². The zero-order valence-electron chi connectivity index (χ0n) is 22.4. The predicted octanol–water partition coefficient (Wildman–Crippen LogP) is 4.39. The van der Waals surface area contributed by atoms with E-state index in [1.807, 2.05) is 6.07 Å². The summed E-state index contributed by atoms with van der Waals surface area (Å²) in [6, 6.07) is 13.5. The van der Waals surface area contributed by atoms with E-state index in [-0.39, 0.29) is 70.7 Å². The SMILES string of the molecule is COCOc1cc(F)ccc1-c1cc(-c2ccc(F)c(C(=O)NCCNC(=O)O)c2)c(C#N)c(NC(=O)c2ccco2)n1. The van der Waals surface area contributed by atoms with Gasteiger partial charge in [0.15, 0.2) is 18.4 Å². The number of nitrogens with zero attached hydrogens (tertiary/aromatic N) is 2. The lowest BCUT2D eigenvalue weighted by molar-refractivity contribution is 0.0513. The first-order valence-corrected chi connectivity index (χ1v) is 12.5. The monoisotopic (exact) mass is 591 g/mol. The minimum Gasteiger partial charge on any atom is -0.467 e. The summed E-state index contributed by atoms with van der Waals surface area (Å²) in [5.74, 6) is -3.26. The van der Waals surface area contributed by atoms with Gasteiger partial charge < -0.3 is 34.9 Å². The summed E-state index contributed by atoms with van der Waals surface area (Å²) in [7, 11) is 1.38. The standard InChI is InChI=1S/C29H23F2N5O7/c1-41-15-43-25-12-17(30)5-6-18(25)23-13-19(21(14-32)26(35-23)36-28(38)24-3-2-10-42-24)16-4-7-22(31)20(11-16)27(37)33-8-9-34-29(39)40/h2-7,10-13,34H,8-9,15H2,1H3,(H,33,37)(H,39,40)(H,35,36,38). The molecule has 220 valence electrons. The van der Waals surface area contributed by atoms with Crippen molar-refractivity contribution in [2.45, 2.75) is 0 Å². The van der Waals surface area contributed by atoms with Gasteiger partial charge in [0.25, 0.3) is 11.8 Å². The highest BCUT2D eigenvalue weighted by molar-refractivity contribution is 6.03. The van der Waals surface area contributed by atoms with Crippen LogP contribution < -0.4 is 20.7 Å². The number of ether oxygens (including phenoxy) is 2. The van der Waals surface area contributed by atoms with Crippen molar-refractivity contribution in [3.63, 3.8) is 0 Å². The molecule has 0 saturated heterocycles. The van der Waals surface area contributed by atoms with Crippen LogP contribution in [0.5, 0.6) is 5.75 Å². The molecule has 4 rings (SSSR count). The number of aromatic nitrogens is 1. The molecular formula is C29H23F2N5O7. The van der Waals surface area contributed by atoms with Crippen LogP contribution in [0.2, 0.25) is 0 Å². The van der Waals surface area contributed by atoms with E-state index >= 15 is 0 Å². The summed E-state index contributed by atoms with van der Waals surface area (Å²) in [6.07, 6.45) is 0.00251. The quantitative estimate of drug-likeness (QED) is 0.146.